The number of rotatable bonds is 11. The maximum atomic E-state index is 13.8. The third-order valence-electron chi connectivity index (χ3n) is 6.65. The molecular formula is C27H28F2N6O2. The minimum absolute atomic E-state index is 0.0157. The third kappa shape index (κ3) is 6.10. The predicted octanol–water partition coefficient (Wildman–Crippen LogP) is 2.78. The summed E-state index contributed by atoms with van der Waals surface area (Å²) in [4.78, 5) is 19.5. The van der Waals surface area contributed by atoms with Crippen LogP contribution in [0, 0.1) is 11.6 Å². The molecule has 37 heavy (non-hydrogen) atoms. The lowest BCUT2D eigenvalue weighted by atomic mass is 9.99. The smallest absolute Gasteiger partial charge is 0.226 e. The Labute approximate surface area is 212 Å². The van der Waals surface area contributed by atoms with E-state index in [-0.39, 0.29) is 30.8 Å². The highest BCUT2D eigenvalue weighted by molar-refractivity contribution is 5.78. The Morgan fingerprint density at radius 1 is 1.16 bits per heavy atom. The first-order valence-electron chi connectivity index (χ1n) is 12.2. The number of benzene rings is 2. The first-order valence-corrected chi connectivity index (χ1v) is 12.2. The van der Waals surface area contributed by atoms with Crippen molar-refractivity contribution >= 4 is 5.91 Å². The normalized spacial score (nSPS) is 15.8. The van der Waals surface area contributed by atoms with Crippen molar-refractivity contribution in [2.24, 2.45) is 0 Å². The van der Waals surface area contributed by atoms with Crippen molar-refractivity contribution in [1.82, 2.24) is 30.4 Å². The monoisotopic (exact) mass is 506 g/mol. The van der Waals surface area contributed by atoms with Crippen molar-refractivity contribution in [3.8, 4) is 5.69 Å². The SMILES string of the molecule is O=C(Cc1c[nH]cn1)NC(Cc1cc(F)cc(F)c1)C(O)CNC1(c2cccc(-n3cccn3)c2)CC1. The standard InChI is InChI=1S/C27H28F2N6O2/c28-20-9-18(10-21(29)13-20)11-24(34-26(37)14-22-15-30-17-31-22)25(36)16-32-27(5-6-27)19-3-1-4-23(12-19)35-8-2-7-33-35/h1-4,7-10,12-13,15,17,24-25,32,36H,5-6,11,14,16H2,(H,30,31)(H,34,37). The average Bonchev–Trinajstić information content (AvgIpc) is 3.21. The summed E-state index contributed by atoms with van der Waals surface area (Å²) in [6.45, 7) is 0.178. The van der Waals surface area contributed by atoms with Crippen LogP contribution in [0.3, 0.4) is 0 Å². The molecule has 5 rings (SSSR count). The van der Waals surface area contributed by atoms with E-state index in [1.54, 1.807) is 17.1 Å². The molecule has 0 bridgehead atoms. The summed E-state index contributed by atoms with van der Waals surface area (Å²) in [5, 5.41) is 21.7. The van der Waals surface area contributed by atoms with E-state index in [4.69, 9.17) is 0 Å². The summed E-state index contributed by atoms with van der Waals surface area (Å²) < 4.78 is 29.4. The van der Waals surface area contributed by atoms with E-state index in [9.17, 15) is 18.7 Å². The Hall–Kier alpha value is -3.89. The van der Waals surface area contributed by atoms with Crippen molar-refractivity contribution in [2.75, 3.05) is 6.54 Å². The van der Waals surface area contributed by atoms with Gasteiger partial charge in [0.05, 0.1) is 36.3 Å². The van der Waals surface area contributed by atoms with Gasteiger partial charge in [-0.3, -0.25) is 4.79 Å². The third-order valence-corrected chi connectivity index (χ3v) is 6.65. The minimum atomic E-state index is -1.01. The molecule has 0 saturated heterocycles. The average molecular weight is 507 g/mol. The summed E-state index contributed by atoms with van der Waals surface area (Å²) in [7, 11) is 0. The number of halogens is 2. The molecular weight excluding hydrogens is 478 g/mol. The van der Waals surface area contributed by atoms with Crippen molar-refractivity contribution in [2.45, 2.75) is 43.4 Å². The fourth-order valence-electron chi connectivity index (χ4n) is 4.58. The molecule has 8 nitrogen and oxygen atoms in total. The second-order valence-corrected chi connectivity index (χ2v) is 9.42. The van der Waals surface area contributed by atoms with E-state index in [1.165, 1.54) is 18.5 Å². The van der Waals surface area contributed by atoms with Crippen LogP contribution in [-0.2, 0) is 23.2 Å². The lowest BCUT2D eigenvalue weighted by Gasteiger charge is -2.27. The number of nitrogens with zero attached hydrogens (tertiary/aromatic N) is 3. The van der Waals surface area contributed by atoms with Crippen LogP contribution in [0.25, 0.3) is 5.69 Å². The van der Waals surface area contributed by atoms with E-state index in [0.717, 1.165) is 30.2 Å². The van der Waals surface area contributed by atoms with E-state index < -0.39 is 23.8 Å². The number of aliphatic hydroxyl groups excluding tert-OH is 1. The van der Waals surface area contributed by atoms with Gasteiger partial charge in [0.1, 0.15) is 11.6 Å². The summed E-state index contributed by atoms with van der Waals surface area (Å²) in [6.07, 6.45) is 7.55. The number of aromatic nitrogens is 4. The molecule has 2 atom stereocenters. The van der Waals surface area contributed by atoms with Crippen LogP contribution in [0.5, 0.6) is 0 Å². The second kappa shape index (κ2) is 10.6. The van der Waals surface area contributed by atoms with Gasteiger partial charge in [0.15, 0.2) is 0 Å². The Kier molecular flexibility index (Phi) is 7.11. The van der Waals surface area contributed by atoms with Gasteiger partial charge in [0.2, 0.25) is 5.91 Å². The van der Waals surface area contributed by atoms with Gasteiger partial charge < -0.3 is 20.7 Å². The Morgan fingerprint density at radius 3 is 2.65 bits per heavy atom. The molecule has 0 radical (unpaired) electrons. The fourth-order valence-corrected chi connectivity index (χ4v) is 4.58. The highest BCUT2D eigenvalue weighted by Gasteiger charge is 2.44. The van der Waals surface area contributed by atoms with Crippen LogP contribution >= 0.6 is 0 Å². The summed E-state index contributed by atoms with van der Waals surface area (Å²) in [6, 6.07) is 12.4. The van der Waals surface area contributed by atoms with Gasteiger partial charge in [-0.2, -0.15) is 5.10 Å². The highest BCUT2D eigenvalue weighted by Crippen LogP contribution is 2.45. The van der Waals surface area contributed by atoms with E-state index >= 15 is 0 Å². The molecule has 192 valence electrons. The Bertz CT molecular complexity index is 1320. The van der Waals surface area contributed by atoms with Gasteiger partial charge >= 0.3 is 0 Å². The van der Waals surface area contributed by atoms with Crippen LogP contribution in [0.15, 0.2) is 73.4 Å². The number of amides is 1. The molecule has 1 amide bonds. The van der Waals surface area contributed by atoms with E-state index in [1.807, 2.05) is 30.5 Å². The van der Waals surface area contributed by atoms with Crippen molar-refractivity contribution in [3.63, 3.8) is 0 Å². The molecule has 2 heterocycles. The largest absolute Gasteiger partial charge is 0.390 e. The Balaban J connectivity index is 1.29. The van der Waals surface area contributed by atoms with E-state index in [2.05, 4.69) is 31.8 Å². The quantitative estimate of drug-likeness (QED) is 0.250. The molecule has 2 aromatic heterocycles. The van der Waals surface area contributed by atoms with Crippen LogP contribution < -0.4 is 10.6 Å². The summed E-state index contributed by atoms with van der Waals surface area (Å²) in [5.41, 5.74) is 2.62. The molecule has 1 saturated carbocycles. The maximum Gasteiger partial charge on any atom is 0.226 e. The highest BCUT2D eigenvalue weighted by atomic mass is 19.1. The van der Waals surface area contributed by atoms with E-state index in [0.29, 0.717) is 11.3 Å². The number of imidazole rings is 1. The lowest BCUT2D eigenvalue weighted by Crippen LogP contribution is -2.50. The van der Waals surface area contributed by atoms with Crippen LogP contribution in [0.4, 0.5) is 8.78 Å². The molecule has 4 N–H and O–H groups in total. The van der Waals surface area contributed by atoms with Crippen molar-refractivity contribution in [1.29, 1.82) is 0 Å². The molecule has 1 aliphatic carbocycles. The molecule has 1 aliphatic rings. The summed E-state index contributed by atoms with van der Waals surface area (Å²) in [5.74, 6) is -1.77. The molecule has 10 heteroatoms. The zero-order valence-electron chi connectivity index (χ0n) is 20.1. The number of carbonyl (C=O) groups is 1. The first-order chi connectivity index (χ1) is 17.9. The molecule has 0 spiro atoms. The van der Waals surface area contributed by atoms with Gasteiger partial charge in [0, 0.05) is 36.7 Å². The lowest BCUT2D eigenvalue weighted by molar-refractivity contribution is -0.122. The molecule has 1 fully saturated rings. The van der Waals surface area contributed by atoms with Gasteiger partial charge in [-0.25, -0.2) is 18.4 Å². The number of H-pyrrole nitrogens is 1. The zero-order chi connectivity index (χ0) is 25.8. The fraction of sp³-hybridized carbons (Fsp3) is 0.296. The van der Waals surface area contributed by atoms with Crippen LogP contribution in [0.2, 0.25) is 0 Å². The van der Waals surface area contributed by atoms with Gasteiger partial charge in [-0.15, -0.1) is 0 Å². The number of aliphatic hydroxyl groups is 1. The van der Waals surface area contributed by atoms with Crippen LogP contribution in [-0.4, -0.2) is 49.5 Å². The Morgan fingerprint density at radius 2 is 1.97 bits per heavy atom. The zero-order valence-corrected chi connectivity index (χ0v) is 20.1. The number of hydrogen-bond acceptors (Lipinski definition) is 5. The van der Waals surface area contributed by atoms with Gasteiger partial charge in [-0.1, -0.05) is 12.1 Å². The topological polar surface area (TPSA) is 108 Å². The van der Waals surface area contributed by atoms with Crippen molar-refractivity contribution in [3.05, 3.63) is 102 Å². The number of hydrogen-bond donors (Lipinski definition) is 4. The molecule has 4 aromatic rings. The predicted molar refractivity (Wildman–Crippen MR) is 133 cm³/mol. The molecule has 2 unspecified atom stereocenters. The number of aromatic amines is 1. The number of nitrogens with one attached hydrogen (secondary N) is 3. The second-order valence-electron chi connectivity index (χ2n) is 9.42. The van der Waals surface area contributed by atoms with Gasteiger partial charge in [0.25, 0.3) is 0 Å². The number of carbonyl (C=O) groups excluding carboxylic acids is 1. The van der Waals surface area contributed by atoms with Crippen molar-refractivity contribution < 1.29 is 18.7 Å². The molecule has 2 aromatic carbocycles. The first kappa shape index (κ1) is 24.8. The summed E-state index contributed by atoms with van der Waals surface area (Å²) >= 11 is 0. The van der Waals surface area contributed by atoms with Gasteiger partial charge in [-0.05, 0) is 60.7 Å². The molecule has 0 aliphatic heterocycles. The minimum Gasteiger partial charge on any atom is -0.390 e. The van der Waals surface area contributed by atoms with Crippen LogP contribution in [0.1, 0.15) is 29.7 Å². The maximum absolute atomic E-state index is 13.8.